The maximum atomic E-state index is 7.40. The monoisotopic (exact) mass is 560 g/mol. The molecule has 0 saturated carbocycles. The van der Waals surface area contributed by atoms with E-state index in [1.165, 1.54) is 38.5 Å². The molecule has 0 rings (SSSR count). The lowest BCUT2D eigenvalue weighted by Crippen LogP contribution is -2.65. The van der Waals surface area contributed by atoms with Gasteiger partial charge in [0.1, 0.15) is 0 Å². The predicted octanol–water partition coefficient (Wildman–Crippen LogP) is 10.3. The molecule has 0 aromatic heterocycles. The zero-order valence-electron chi connectivity index (χ0n) is 27.6. The van der Waals surface area contributed by atoms with Gasteiger partial charge >= 0.3 is 0 Å². The van der Waals surface area contributed by atoms with Crippen LogP contribution in [-0.2, 0) is 13.3 Å². The van der Waals surface area contributed by atoms with E-state index in [1.807, 2.05) is 0 Å². The Morgan fingerprint density at radius 1 is 0.611 bits per heavy atom. The smallest absolute Gasteiger partial charge is 0.217 e. The highest BCUT2D eigenvalue weighted by Crippen LogP contribution is 2.49. The van der Waals surface area contributed by atoms with E-state index in [2.05, 4.69) is 102 Å². The Bertz CT molecular complexity index is 623. The van der Waals surface area contributed by atoms with Crippen LogP contribution in [0.2, 0.25) is 37.8 Å². The van der Waals surface area contributed by atoms with Crippen LogP contribution in [0, 0.1) is 0 Å². The standard InChI is InChI=1S/C30H68O3Si3/c1-16-23-25-27(8,18-3)32-36(14,15)30(21-6,22-7)31-34(11)29(10,20-5)33-35(12,13)28(9,19-4)26-24-17-2/h34H,16-26H2,1-15H3/t27?,28-,29?,34?/m1/s1. The van der Waals surface area contributed by atoms with E-state index in [-0.39, 0.29) is 16.0 Å². The van der Waals surface area contributed by atoms with Crippen molar-refractivity contribution in [2.45, 2.75) is 194 Å². The highest BCUT2D eigenvalue weighted by Gasteiger charge is 2.54. The summed E-state index contributed by atoms with van der Waals surface area (Å²) in [7, 11) is -5.91. The molecule has 0 spiro atoms. The van der Waals surface area contributed by atoms with Crippen LogP contribution < -0.4 is 0 Å². The molecular weight excluding hydrogens is 493 g/mol. The Morgan fingerprint density at radius 3 is 1.50 bits per heavy atom. The Kier molecular flexibility index (Phi) is 15.0. The third kappa shape index (κ3) is 8.77. The minimum atomic E-state index is -2.20. The molecule has 0 aromatic carbocycles. The topological polar surface area (TPSA) is 27.7 Å². The molecule has 6 heteroatoms. The van der Waals surface area contributed by atoms with Crippen LogP contribution in [0.4, 0.5) is 0 Å². The van der Waals surface area contributed by atoms with Crippen molar-refractivity contribution in [3.05, 3.63) is 0 Å². The summed E-state index contributed by atoms with van der Waals surface area (Å²) in [4.78, 5) is 0. The highest BCUT2D eigenvalue weighted by molar-refractivity contribution is 6.76. The molecule has 0 saturated heterocycles. The summed E-state index contributed by atoms with van der Waals surface area (Å²) in [6.45, 7) is 35.6. The Balaban J connectivity index is 6.11. The molecule has 0 aliphatic rings. The predicted molar refractivity (Wildman–Crippen MR) is 170 cm³/mol. The van der Waals surface area contributed by atoms with Gasteiger partial charge in [0, 0.05) is 0 Å². The summed E-state index contributed by atoms with van der Waals surface area (Å²) in [6.07, 6.45) is 12.7. The lowest BCUT2D eigenvalue weighted by atomic mass is 9.97. The molecule has 4 atom stereocenters. The van der Waals surface area contributed by atoms with Gasteiger partial charge in [0.05, 0.1) is 16.0 Å². The van der Waals surface area contributed by atoms with E-state index in [1.54, 1.807) is 0 Å². The van der Waals surface area contributed by atoms with Gasteiger partial charge in [-0.15, -0.1) is 0 Å². The van der Waals surface area contributed by atoms with Crippen LogP contribution in [0.5, 0.6) is 0 Å². The van der Waals surface area contributed by atoms with E-state index < -0.39 is 25.7 Å². The van der Waals surface area contributed by atoms with Crippen LogP contribution in [-0.4, -0.2) is 41.7 Å². The van der Waals surface area contributed by atoms with Crippen molar-refractivity contribution in [2.24, 2.45) is 0 Å². The lowest BCUT2D eigenvalue weighted by molar-refractivity contribution is 0.0141. The molecule has 3 unspecified atom stereocenters. The van der Waals surface area contributed by atoms with E-state index in [0.717, 1.165) is 32.1 Å². The first kappa shape index (κ1) is 36.5. The second-order valence-electron chi connectivity index (χ2n) is 13.3. The summed E-state index contributed by atoms with van der Waals surface area (Å²) < 4.78 is 22.0. The Hall–Kier alpha value is 0.531. The molecule has 0 N–H and O–H groups in total. The molecular formula is C30H68O3Si3. The zero-order valence-corrected chi connectivity index (χ0v) is 30.7. The molecule has 218 valence electrons. The minimum absolute atomic E-state index is 0.0584. The van der Waals surface area contributed by atoms with E-state index in [4.69, 9.17) is 13.3 Å². The molecule has 0 heterocycles. The van der Waals surface area contributed by atoms with Gasteiger partial charge in [-0.2, -0.15) is 0 Å². The minimum Gasteiger partial charge on any atom is -0.412 e. The molecule has 0 fully saturated rings. The fraction of sp³-hybridized carbons (Fsp3) is 1.00. The van der Waals surface area contributed by atoms with Crippen molar-refractivity contribution in [3.8, 4) is 0 Å². The fourth-order valence-corrected chi connectivity index (χ4v) is 17.7. The van der Waals surface area contributed by atoms with Gasteiger partial charge in [0.15, 0.2) is 8.32 Å². The third-order valence-electron chi connectivity index (χ3n) is 10.3. The van der Waals surface area contributed by atoms with Gasteiger partial charge in [-0.3, -0.25) is 0 Å². The van der Waals surface area contributed by atoms with Crippen LogP contribution in [0.25, 0.3) is 0 Å². The van der Waals surface area contributed by atoms with Crippen LogP contribution in [0.3, 0.4) is 0 Å². The second kappa shape index (κ2) is 14.8. The summed E-state index contributed by atoms with van der Waals surface area (Å²) in [5.41, 5.74) is -0.0584. The van der Waals surface area contributed by atoms with Crippen LogP contribution >= 0.6 is 0 Å². The molecule has 36 heavy (non-hydrogen) atoms. The summed E-state index contributed by atoms with van der Waals surface area (Å²) in [5.74, 6) is 0. The zero-order chi connectivity index (χ0) is 28.5. The molecule has 3 nitrogen and oxygen atoms in total. The molecule has 0 amide bonds. The van der Waals surface area contributed by atoms with Gasteiger partial charge < -0.3 is 13.3 Å². The number of rotatable bonds is 20. The average Bonchev–Trinajstić information content (AvgIpc) is 2.83. The summed E-state index contributed by atoms with van der Waals surface area (Å²) >= 11 is 0. The maximum Gasteiger partial charge on any atom is 0.217 e. The van der Waals surface area contributed by atoms with Gasteiger partial charge in [0.2, 0.25) is 17.4 Å². The normalized spacial score (nSPS) is 19.4. The van der Waals surface area contributed by atoms with E-state index >= 15 is 0 Å². The van der Waals surface area contributed by atoms with Crippen LogP contribution in [0.1, 0.15) is 140 Å². The lowest BCUT2D eigenvalue weighted by Gasteiger charge is -2.53. The van der Waals surface area contributed by atoms with Crippen molar-refractivity contribution >= 4 is 25.7 Å². The summed E-state index contributed by atoms with van der Waals surface area (Å²) in [6, 6.07) is 0. The third-order valence-corrected chi connectivity index (χ3v) is 22.3. The molecule has 0 bridgehead atoms. The fourth-order valence-electron chi connectivity index (χ4n) is 6.05. The highest BCUT2D eigenvalue weighted by atomic mass is 28.4. The van der Waals surface area contributed by atoms with Gasteiger partial charge in [0.25, 0.3) is 0 Å². The van der Waals surface area contributed by atoms with Crippen molar-refractivity contribution in [1.82, 2.24) is 0 Å². The number of hydrogen-bond acceptors (Lipinski definition) is 3. The molecule has 0 aliphatic carbocycles. The largest absolute Gasteiger partial charge is 0.412 e. The van der Waals surface area contributed by atoms with E-state index in [0.29, 0.717) is 5.04 Å². The maximum absolute atomic E-state index is 7.40. The first-order valence-corrected chi connectivity index (χ1v) is 23.6. The Morgan fingerprint density at radius 2 is 1.11 bits per heavy atom. The SMILES string of the molecule is CCCCC(C)(CC)O[Si](C)(C)C(CC)(CC)O[SiH](C)C(C)(CC)O[Si](C)(C)[C@](C)(CC)CCCC. The number of unbranched alkanes of at least 4 members (excludes halogenated alkanes) is 2. The van der Waals surface area contributed by atoms with E-state index in [9.17, 15) is 0 Å². The molecule has 0 radical (unpaired) electrons. The first-order chi connectivity index (χ1) is 16.5. The van der Waals surface area contributed by atoms with Crippen molar-refractivity contribution in [1.29, 1.82) is 0 Å². The van der Waals surface area contributed by atoms with Gasteiger partial charge in [-0.1, -0.05) is 87.5 Å². The summed E-state index contributed by atoms with van der Waals surface area (Å²) in [5, 5.41) is -0.0583. The quantitative estimate of drug-likeness (QED) is 0.139. The first-order valence-electron chi connectivity index (χ1n) is 15.5. The average molecular weight is 561 g/mol. The van der Waals surface area contributed by atoms with Gasteiger partial charge in [-0.05, 0) is 90.1 Å². The molecule has 0 aromatic rings. The molecule has 0 aliphatic heterocycles. The Labute approximate surface area is 232 Å². The van der Waals surface area contributed by atoms with Crippen LogP contribution in [0.15, 0.2) is 0 Å². The van der Waals surface area contributed by atoms with Crippen molar-refractivity contribution < 1.29 is 13.3 Å². The van der Waals surface area contributed by atoms with Crippen molar-refractivity contribution in [2.75, 3.05) is 0 Å². The number of hydrogen-bond donors (Lipinski definition) is 0. The second-order valence-corrected chi connectivity index (χ2v) is 24.6. The van der Waals surface area contributed by atoms with Gasteiger partial charge in [-0.25, -0.2) is 0 Å². The van der Waals surface area contributed by atoms with Crippen molar-refractivity contribution in [3.63, 3.8) is 0 Å².